The van der Waals surface area contributed by atoms with Gasteiger partial charge in [-0.15, -0.1) is 0 Å². The molecule has 21 heavy (non-hydrogen) atoms. The molecule has 0 radical (unpaired) electrons. The summed E-state index contributed by atoms with van der Waals surface area (Å²) in [4.78, 5) is 12.2. The molecule has 0 aliphatic carbocycles. The number of halogens is 1. The van der Waals surface area contributed by atoms with Crippen LogP contribution in [0.5, 0.6) is 17.2 Å². The highest BCUT2D eigenvalue weighted by atomic mass is 127. The van der Waals surface area contributed by atoms with E-state index >= 15 is 0 Å². The van der Waals surface area contributed by atoms with Crippen LogP contribution in [-0.2, 0) is 0 Å². The summed E-state index contributed by atoms with van der Waals surface area (Å²) in [5.41, 5.74) is 0.819. The number of nitrogens with one attached hydrogen (secondary N) is 1. The molecular formula is C15H12INO4. The van der Waals surface area contributed by atoms with E-state index in [9.17, 15) is 9.90 Å². The minimum absolute atomic E-state index is 0.0572. The Bertz CT molecular complexity index is 702. The number of phenolic OH excluding ortho intramolecular Hbond substituents is 1. The van der Waals surface area contributed by atoms with Gasteiger partial charge in [0.2, 0.25) is 0 Å². The lowest BCUT2D eigenvalue weighted by atomic mass is 10.2. The summed E-state index contributed by atoms with van der Waals surface area (Å²) in [7, 11) is 0. The summed E-state index contributed by atoms with van der Waals surface area (Å²) in [5.74, 6) is 0.640. The number of phenols is 1. The molecule has 0 aromatic heterocycles. The topological polar surface area (TPSA) is 67.8 Å². The summed E-state index contributed by atoms with van der Waals surface area (Å²) in [5, 5.41) is 12.6. The highest BCUT2D eigenvalue weighted by molar-refractivity contribution is 14.1. The quantitative estimate of drug-likeness (QED) is 0.604. The number of ether oxygens (including phenoxy) is 2. The Morgan fingerprint density at radius 3 is 2.57 bits per heavy atom. The van der Waals surface area contributed by atoms with E-state index in [1.165, 1.54) is 6.07 Å². The molecule has 0 saturated heterocycles. The number of carbonyl (C=O) groups is 1. The van der Waals surface area contributed by atoms with E-state index in [0.717, 1.165) is 3.57 Å². The Morgan fingerprint density at radius 2 is 1.86 bits per heavy atom. The second kappa shape index (κ2) is 5.80. The Balaban J connectivity index is 1.86. The Kier molecular flexibility index (Phi) is 3.87. The maximum atomic E-state index is 12.2. The predicted molar refractivity (Wildman–Crippen MR) is 86.2 cm³/mol. The molecule has 1 amide bonds. The number of carbonyl (C=O) groups excluding carboxylic acids is 1. The van der Waals surface area contributed by atoms with Crippen LogP contribution in [0.1, 0.15) is 10.4 Å². The molecular weight excluding hydrogens is 385 g/mol. The van der Waals surface area contributed by atoms with Crippen LogP contribution in [0.2, 0.25) is 0 Å². The van der Waals surface area contributed by atoms with Crippen molar-refractivity contribution in [2.24, 2.45) is 0 Å². The molecule has 0 atom stereocenters. The van der Waals surface area contributed by atoms with Crippen LogP contribution in [0.3, 0.4) is 0 Å². The van der Waals surface area contributed by atoms with Gasteiger partial charge in [0, 0.05) is 21.3 Å². The maximum absolute atomic E-state index is 12.2. The van der Waals surface area contributed by atoms with Gasteiger partial charge in [-0.1, -0.05) is 6.07 Å². The van der Waals surface area contributed by atoms with Crippen molar-refractivity contribution in [3.8, 4) is 17.2 Å². The Morgan fingerprint density at radius 1 is 1.14 bits per heavy atom. The number of rotatable bonds is 2. The number of anilines is 1. The molecule has 0 unspecified atom stereocenters. The van der Waals surface area contributed by atoms with Crippen molar-refractivity contribution in [1.82, 2.24) is 0 Å². The van der Waals surface area contributed by atoms with E-state index in [4.69, 9.17) is 9.47 Å². The van der Waals surface area contributed by atoms with Crippen LogP contribution in [0.25, 0.3) is 0 Å². The van der Waals surface area contributed by atoms with Gasteiger partial charge >= 0.3 is 0 Å². The standard InChI is InChI=1S/C15H12INO4/c16-10-3-1-2-9(6-10)15(19)17-11-7-13-14(8-12(11)18)21-5-4-20-13/h1-3,6-8,18H,4-5H2,(H,17,19). The van der Waals surface area contributed by atoms with Crippen LogP contribution in [0.15, 0.2) is 36.4 Å². The Hall–Kier alpha value is -1.96. The minimum atomic E-state index is -0.291. The molecule has 1 aliphatic rings. The third-order valence-electron chi connectivity index (χ3n) is 3.00. The number of hydrogen-bond donors (Lipinski definition) is 2. The van der Waals surface area contributed by atoms with E-state index in [-0.39, 0.29) is 11.7 Å². The lowest BCUT2D eigenvalue weighted by Crippen LogP contribution is -2.16. The van der Waals surface area contributed by atoms with Crippen LogP contribution >= 0.6 is 22.6 Å². The van der Waals surface area contributed by atoms with Gasteiger partial charge in [0.1, 0.15) is 19.0 Å². The first-order chi connectivity index (χ1) is 10.1. The average Bonchev–Trinajstić information content (AvgIpc) is 2.48. The van der Waals surface area contributed by atoms with E-state index in [1.54, 1.807) is 24.3 Å². The van der Waals surface area contributed by atoms with Crippen molar-refractivity contribution in [2.75, 3.05) is 18.5 Å². The first kappa shape index (κ1) is 14.0. The lowest BCUT2D eigenvalue weighted by molar-refractivity contribution is 0.102. The van der Waals surface area contributed by atoms with Gasteiger partial charge in [0.25, 0.3) is 5.91 Å². The predicted octanol–water partition coefficient (Wildman–Crippen LogP) is 3.02. The van der Waals surface area contributed by atoms with Crippen molar-refractivity contribution in [1.29, 1.82) is 0 Å². The molecule has 0 spiro atoms. The zero-order chi connectivity index (χ0) is 14.8. The van der Waals surface area contributed by atoms with Gasteiger partial charge in [-0.05, 0) is 40.8 Å². The third-order valence-corrected chi connectivity index (χ3v) is 3.67. The fourth-order valence-electron chi connectivity index (χ4n) is 2.00. The number of fused-ring (bicyclic) bond motifs is 1. The van der Waals surface area contributed by atoms with Crippen LogP contribution in [-0.4, -0.2) is 24.2 Å². The monoisotopic (exact) mass is 397 g/mol. The van der Waals surface area contributed by atoms with Crippen molar-refractivity contribution in [3.63, 3.8) is 0 Å². The molecule has 0 fully saturated rings. The van der Waals surface area contributed by atoms with Crippen LogP contribution < -0.4 is 14.8 Å². The molecule has 2 aromatic rings. The summed E-state index contributed by atoms with van der Waals surface area (Å²) < 4.78 is 11.8. The van der Waals surface area contributed by atoms with Gasteiger partial charge < -0.3 is 19.9 Å². The number of amides is 1. The van der Waals surface area contributed by atoms with E-state index < -0.39 is 0 Å². The molecule has 3 rings (SSSR count). The molecule has 2 N–H and O–H groups in total. The van der Waals surface area contributed by atoms with E-state index in [0.29, 0.717) is 36.0 Å². The number of hydrogen-bond acceptors (Lipinski definition) is 4. The molecule has 0 bridgehead atoms. The van der Waals surface area contributed by atoms with Gasteiger partial charge in [-0.25, -0.2) is 0 Å². The van der Waals surface area contributed by atoms with Crippen molar-refractivity contribution in [3.05, 3.63) is 45.5 Å². The molecule has 1 heterocycles. The van der Waals surface area contributed by atoms with Crippen molar-refractivity contribution >= 4 is 34.2 Å². The smallest absolute Gasteiger partial charge is 0.255 e. The summed E-state index contributed by atoms with van der Waals surface area (Å²) in [6.07, 6.45) is 0. The molecule has 6 heteroatoms. The minimum Gasteiger partial charge on any atom is -0.506 e. The molecule has 5 nitrogen and oxygen atoms in total. The van der Waals surface area contributed by atoms with Crippen LogP contribution in [0, 0.1) is 3.57 Å². The van der Waals surface area contributed by atoms with Gasteiger partial charge in [0.15, 0.2) is 11.5 Å². The fraction of sp³-hybridized carbons (Fsp3) is 0.133. The Labute approximate surface area is 135 Å². The second-order valence-electron chi connectivity index (χ2n) is 4.48. The third kappa shape index (κ3) is 3.05. The molecule has 108 valence electrons. The number of aromatic hydroxyl groups is 1. The zero-order valence-corrected chi connectivity index (χ0v) is 13.1. The maximum Gasteiger partial charge on any atom is 0.255 e. The summed E-state index contributed by atoms with van der Waals surface area (Å²) >= 11 is 2.14. The lowest BCUT2D eigenvalue weighted by Gasteiger charge is -2.19. The zero-order valence-electron chi connectivity index (χ0n) is 10.9. The van der Waals surface area contributed by atoms with Crippen molar-refractivity contribution < 1.29 is 19.4 Å². The van der Waals surface area contributed by atoms with E-state index in [2.05, 4.69) is 27.9 Å². The summed E-state index contributed by atoms with van der Waals surface area (Å²) in [6, 6.07) is 10.2. The number of benzene rings is 2. The first-order valence-electron chi connectivity index (χ1n) is 6.33. The van der Waals surface area contributed by atoms with Gasteiger partial charge in [-0.3, -0.25) is 4.79 Å². The molecule has 0 saturated carbocycles. The average molecular weight is 397 g/mol. The fourth-order valence-corrected chi connectivity index (χ4v) is 2.55. The normalized spacial score (nSPS) is 12.8. The van der Waals surface area contributed by atoms with E-state index in [1.807, 2.05) is 6.07 Å². The highest BCUT2D eigenvalue weighted by Crippen LogP contribution is 2.39. The first-order valence-corrected chi connectivity index (χ1v) is 7.41. The van der Waals surface area contributed by atoms with Crippen LogP contribution in [0.4, 0.5) is 5.69 Å². The highest BCUT2D eigenvalue weighted by Gasteiger charge is 2.17. The molecule has 1 aliphatic heterocycles. The molecule has 2 aromatic carbocycles. The SMILES string of the molecule is O=C(Nc1cc2c(cc1O)OCCO2)c1cccc(I)c1. The van der Waals surface area contributed by atoms with Gasteiger partial charge in [0.05, 0.1) is 5.69 Å². The largest absolute Gasteiger partial charge is 0.506 e. The van der Waals surface area contributed by atoms with Crippen molar-refractivity contribution in [2.45, 2.75) is 0 Å². The second-order valence-corrected chi connectivity index (χ2v) is 5.72. The van der Waals surface area contributed by atoms with Gasteiger partial charge in [-0.2, -0.15) is 0 Å². The summed E-state index contributed by atoms with van der Waals surface area (Å²) in [6.45, 7) is 0.892.